The summed E-state index contributed by atoms with van der Waals surface area (Å²) in [5.41, 5.74) is 2.99. The topological polar surface area (TPSA) is 64.1 Å². The number of nitrogens with zero attached hydrogens (tertiary/aromatic N) is 2. The Morgan fingerprint density at radius 3 is 2.60 bits per heavy atom. The second kappa shape index (κ2) is 7.19. The largest absolute Gasteiger partial charge is 0.461 e. The number of thiophene rings is 1. The highest BCUT2D eigenvalue weighted by atomic mass is 32.1. The van der Waals surface area contributed by atoms with Crippen LogP contribution in [0, 0.1) is 19.8 Å². The van der Waals surface area contributed by atoms with E-state index >= 15 is 0 Å². The molecule has 0 aliphatic heterocycles. The Morgan fingerprint density at radius 2 is 1.92 bits per heavy atom. The molecule has 130 valence electrons. The van der Waals surface area contributed by atoms with Crippen molar-refractivity contribution in [2.45, 2.75) is 27.7 Å². The van der Waals surface area contributed by atoms with Crippen LogP contribution in [-0.4, -0.2) is 22.5 Å². The Balaban J connectivity index is 1.95. The molecular formula is C19H21N3O2S. The Labute approximate surface area is 151 Å². The molecule has 1 N–H and O–H groups in total. The van der Waals surface area contributed by atoms with Crippen LogP contribution in [0.1, 0.15) is 34.6 Å². The number of esters is 1. The molecule has 0 radical (unpaired) electrons. The standard InChI is InChI=1S/C19H21N3O2S/c1-11(2)9-24-19(23)16-13(4)15-17(20-10-21-18(15)25-16)22-14-7-5-12(3)6-8-14/h5-8,10-11H,9H2,1-4H3,(H,20,21,22). The Bertz CT molecular complexity index is 901. The molecule has 0 aliphatic carbocycles. The zero-order valence-electron chi connectivity index (χ0n) is 14.8. The summed E-state index contributed by atoms with van der Waals surface area (Å²) in [6, 6.07) is 8.08. The van der Waals surface area contributed by atoms with Crippen LogP contribution >= 0.6 is 11.3 Å². The number of aromatic nitrogens is 2. The average molecular weight is 355 g/mol. The Morgan fingerprint density at radius 1 is 1.20 bits per heavy atom. The van der Waals surface area contributed by atoms with E-state index in [1.165, 1.54) is 23.2 Å². The van der Waals surface area contributed by atoms with E-state index in [4.69, 9.17) is 4.74 Å². The van der Waals surface area contributed by atoms with Crippen molar-refractivity contribution in [2.75, 3.05) is 11.9 Å². The minimum Gasteiger partial charge on any atom is -0.461 e. The van der Waals surface area contributed by atoms with Crippen LogP contribution in [0.5, 0.6) is 0 Å². The predicted octanol–water partition coefficient (Wildman–Crippen LogP) is 4.86. The molecule has 0 saturated carbocycles. The van der Waals surface area contributed by atoms with E-state index in [0.717, 1.165) is 21.5 Å². The average Bonchev–Trinajstić information content (AvgIpc) is 2.93. The molecule has 0 saturated heterocycles. The third-order valence-corrected chi connectivity index (χ3v) is 4.95. The van der Waals surface area contributed by atoms with E-state index in [1.54, 1.807) is 0 Å². The van der Waals surface area contributed by atoms with Crippen LogP contribution in [0.3, 0.4) is 0 Å². The summed E-state index contributed by atoms with van der Waals surface area (Å²) >= 11 is 1.35. The Kier molecular flexibility index (Phi) is 4.99. The number of nitrogens with one attached hydrogen (secondary N) is 1. The van der Waals surface area contributed by atoms with E-state index in [1.807, 2.05) is 52.0 Å². The van der Waals surface area contributed by atoms with Crippen LogP contribution in [-0.2, 0) is 4.74 Å². The molecule has 0 amide bonds. The maximum Gasteiger partial charge on any atom is 0.348 e. The normalized spacial score (nSPS) is 11.1. The van der Waals surface area contributed by atoms with Gasteiger partial charge in [0.1, 0.15) is 21.9 Å². The molecule has 6 heteroatoms. The van der Waals surface area contributed by atoms with Crippen molar-refractivity contribution in [3.05, 3.63) is 46.6 Å². The first kappa shape index (κ1) is 17.4. The first-order chi connectivity index (χ1) is 12.0. The summed E-state index contributed by atoms with van der Waals surface area (Å²) in [6.07, 6.45) is 1.51. The van der Waals surface area contributed by atoms with Gasteiger partial charge < -0.3 is 10.1 Å². The third-order valence-electron chi connectivity index (χ3n) is 3.77. The summed E-state index contributed by atoms with van der Waals surface area (Å²) in [4.78, 5) is 22.4. The van der Waals surface area contributed by atoms with Crippen LogP contribution in [0.2, 0.25) is 0 Å². The van der Waals surface area contributed by atoms with Crippen LogP contribution in [0.4, 0.5) is 11.5 Å². The highest BCUT2D eigenvalue weighted by Crippen LogP contribution is 2.34. The summed E-state index contributed by atoms with van der Waals surface area (Å²) in [7, 11) is 0. The number of hydrogen-bond donors (Lipinski definition) is 1. The minimum absolute atomic E-state index is 0.296. The van der Waals surface area contributed by atoms with Gasteiger partial charge in [-0.2, -0.15) is 0 Å². The molecule has 0 spiro atoms. The summed E-state index contributed by atoms with van der Waals surface area (Å²) in [5, 5.41) is 4.19. The van der Waals surface area contributed by atoms with Crippen molar-refractivity contribution in [3.8, 4) is 0 Å². The van der Waals surface area contributed by atoms with Crippen molar-refractivity contribution >= 4 is 39.0 Å². The number of carbonyl (C=O) groups is 1. The van der Waals surface area contributed by atoms with E-state index in [2.05, 4.69) is 15.3 Å². The molecule has 3 rings (SSSR count). The number of fused-ring (bicyclic) bond motifs is 1. The van der Waals surface area contributed by atoms with Crippen molar-refractivity contribution in [1.82, 2.24) is 9.97 Å². The maximum atomic E-state index is 12.4. The van der Waals surface area contributed by atoms with E-state index in [-0.39, 0.29) is 5.97 Å². The van der Waals surface area contributed by atoms with Crippen molar-refractivity contribution in [1.29, 1.82) is 0 Å². The van der Waals surface area contributed by atoms with Gasteiger partial charge in [-0.15, -0.1) is 11.3 Å². The molecular weight excluding hydrogens is 334 g/mol. The van der Waals surface area contributed by atoms with E-state index in [9.17, 15) is 4.79 Å². The van der Waals surface area contributed by atoms with Gasteiger partial charge in [-0.3, -0.25) is 0 Å². The Hall–Kier alpha value is -2.47. The molecule has 0 unspecified atom stereocenters. The fraction of sp³-hybridized carbons (Fsp3) is 0.316. The smallest absolute Gasteiger partial charge is 0.348 e. The molecule has 2 heterocycles. The zero-order chi connectivity index (χ0) is 18.0. The van der Waals surface area contributed by atoms with Gasteiger partial charge >= 0.3 is 5.97 Å². The molecule has 25 heavy (non-hydrogen) atoms. The van der Waals surface area contributed by atoms with E-state index in [0.29, 0.717) is 23.2 Å². The van der Waals surface area contributed by atoms with Crippen molar-refractivity contribution in [2.24, 2.45) is 5.92 Å². The SMILES string of the molecule is Cc1ccc(Nc2ncnc3sc(C(=O)OCC(C)C)c(C)c23)cc1. The van der Waals surface area contributed by atoms with Gasteiger partial charge in [0.05, 0.1) is 12.0 Å². The lowest BCUT2D eigenvalue weighted by Crippen LogP contribution is -2.09. The van der Waals surface area contributed by atoms with Gasteiger partial charge in [0.15, 0.2) is 0 Å². The van der Waals surface area contributed by atoms with Crippen LogP contribution in [0.25, 0.3) is 10.2 Å². The number of hydrogen-bond acceptors (Lipinski definition) is 6. The number of anilines is 2. The number of carbonyl (C=O) groups excluding carboxylic acids is 1. The summed E-state index contributed by atoms with van der Waals surface area (Å²) in [5.74, 6) is 0.707. The first-order valence-corrected chi connectivity index (χ1v) is 9.02. The quantitative estimate of drug-likeness (QED) is 0.662. The number of rotatable bonds is 5. The molecule has 0 atom stereocenters. The zero-order valence-corrected chi connectivity index (χ0v) is 15.6. The molecule has 0 aliphatic rings. The molecule has 2 aromatic heterocycles. The fourth-order valence-electron chi connectivity index (χ4n) is 2.44. The molecule has 0 bridgehead atoms. The third kappa shape index (κ3) is 3.79. The lowest BCUT2D eigenvalue weighted by atomic mass is 10.2. The lowest BCUT2D eigenvalue weighted by Gasteiger charge is -2.08. The molecule has 1 aromatic carbocycles. The first-order valence-electron chi connectivity index (χ1n) is 8.20. The van der Waals surface area contributed by atoms with Crippen molar-refractivity contribution in [3.63, 3.8) is 0 Å². The number of ether oxygens (including phenoxy) is 1. The number of aryl methyl sites for hydroxylation is 2. The van der Waals surface area contributed by atoms with Crippen molar-refractivity contribution < 1.29 is 9.53 Å². The van der Waals surface area contributed by atoms with E-state index < -0.39 is 0 Å². The monoisotopic (exact) mass is 355 g/mol. The molecule has 5 nitrogen and oxygen atoms in total. The highest BCUT2D eigenvalue weighted by Gasteiger charge is 2.20. The van der Waals surface area contributed by atoms with Gasteiger partial charge in [-0.05, 0) is 37.5 Å². The number of benzene rings is 1. The lowest BCUT2D eigenvalue weighted by molar-refractivity contribution is 0.0464. The summed E-state index contributed by atoms with van der Waals surface area (Å²) in [6.45, 7) is 8.40. The minimum atomic E-state index is -0.296. The fourth-order valence-corrected chi connectivity index (χ4v) is 3.49. The summed E-state index contributed by atoms with van der Waals surface area (Å²) < 4.78 is 5.37. The highest BCUT2D eigenvalue weighted by molar-refractivity contribution is 7.20. The van der Waals surface area contributed by atoms with Gasteiger partial charge in [-0.25, -0.2) is 14.8 Å². The van der Waals surface area contributed by atoms with Gasteiger partial charge in [0.2, 0.25) is 0 Å². The van der Waals surface area contributed by atoms with Gasteiger partial charge in [0.25, 0.3) is 0 Å². The maximum absolute atomic E-state index is 12.4. The second-order valence-corrected chi connectivity index (χ2v) is 7.44. The van der Waals surface area contributed by atoms with Crippen LogP contribution in [0.15, 0.2) is 30.6 Å². The van der Waals surface area contributed by atoms with Gasteiger partial charge in [-0.1, -0.05) is 31.5 Å². The van der Waals surface area contributed by atoms with Crippen LogP contribution < -0.4 is 5.32 Å². The molecule has 0 fully saturated rings. The molecule has 3 aromatic rings. The predicted molar refractivity (Wildman–Crippen MR) is 102 cm³/mol. The second-order valence-electron chi connectivity index (χ2n) is 6.44. The van der Waals surface area contributed by atoms with Gasteiger partial charge in [0, 0.05) is 5.69 Å².